The van der Waals surface area contributed by atoms with Crippen molar-refractivity contribution in [1.29, 1.82) is 0 Å². The summed E-state index contributed by atoms with van der Waals surface area (Å²) in [6.07, 6.45) is 2.37. The SMILES string of the molecule is CNc1cc(N2CCc3c(N4CC(CN5CCC6(CCN(C(=O)c7ccc(Cl)c(N8CCC(=O)NC8=O)c7)CC6)C(F)(F)C5)C4)cccc32)nn2c(C(=O)N[C@@H]3C[C@@H]3F)cnc12. The number of likely N-dealkylation sites (tertiary alicyclic amines) is 2. The van der Waals surface area contributed by atoms with Crippen molar-refractivity contribution in [3.8, 4) is 0 Å². The molecule has 0 bridgehead atoms. The van der Waals surface area contributed by atoms with Crippen molar-refractivity contribution in [2.24, 2.45) is 11.3 Å². The molecule has 5 amide bonds. The highest BCUT2D eigenvalue weighted by Gasteiger charge is 2.57. The Balaban J connectivity index is 0.751. The van der Waals surface area contributed by atoms with Crippen LogP contribution in [0.4, 0.5) is 46.5 Å². The molecule has 0 radical (unpaired) electrons. The number of nitrogens with one attached hydrogen (secondary N) is 3. The Morgan fingerprint density at radius 2 is 1.69 bits per heavy atom. The number of alkyl halides is 3. The van der Waals surface area contributed by atoms with E-state index in [4.69, 9.17) is 16.7 Å². The van der Waals surface area contributed by atoms with Gasteiger partial charge in [-0.1, -0.05) is 17.7 Å². The van der Waals surface area contributed by atoms with Crippen molar-refractivity contribution in [1.82, 2.24) is 35.0 Å². The number of carbonyl (C=O) groups excluding carboxylic acids is 4. The molecule has 326 valence electrons. The van der Waals surface area contributed by atoms with Gasteiger partial charge >= 0.3 is 6.03 Å². The van der Waals surface area contributed by atoms with Crippen LogP contribution in [0.25, 0.3) is 5.65 Å². The summed E-state index contributed by atoms with van der Waals surface area (Å²) in [7, 11) is 1.78. The predicted molar refractivity (Wildman–Crippen MR) is 227 cm³/mol. The third-order valence-corrected chi connectivity index (χ3v) is 14.0. The lowest BCUT2D eigenvalue weighted by Gasteiger charge is -2.52. The van der Waals surface area contributed by atoms with Gasteiger partial charge in [0.25, 0.3) is 17.7 Å². The highest BCUT2D eigenvalue weighted by Crippen LogP contribution is 2.51. The van der Waals surface area contributed by atoms with Crippen molar-refractivity contribution in [2.45, 2.75) is 56.7 Å². The number of fused-ring (bicyclic) bond motifs is 2. The quantitative estimate of drug-likeness (QED) is 0.207. The average Bonchev–Trinajstić information content (AvgIpc) is 3.56. The minimum absolute atomic E-state index is 0.107. The molecular formula is C43H47ClF3N11O4. The zero-order chi connectivity index (χ0) is 43.1. The predicted octanol–water partition coefficient (Wildman–Crippen LogP) is 5.10. The first kappa shape index (κ1) is 40.5. The molecule has 4 saturated heterocycles. The number of nitrogens with zero attached hydrogens (tertiary/aromatic N) is 8. The molecule has 1 aliphatic carbocycles. The van der Waals surface area contributed by atoms with Crippen molar-refractivity contribution in [3.05, 3.63) is 70.5 Å². The average molecular weight is 874 g/mol. The second kappa shape index (κ2) is 15.3. The number of anilines is 5. The third-order valence-electron chi connectivity index (χ3n) is 13.7. The first-order valence-electron chi connectivity index (χ1n) is 21.3. The number of carbonyl (C=O) groups is 4. The smallest absolute Gasteiger partial charge is 0.328 e. The number of benzene rings is 2. The number of amides is 5. The summed E-state index contributed by atoms with van der Waals surface area (Å²) in [4.78, 5) is 64.4. The second-order valence-electron chi connectivity index (χ2n) is 17.5. The molecule has 15 nitrogen and oxygen atoms in total. The Hall–Kier alpha value is -5.62. The molecule has 5 aliphatic heterocycles. The van der Waals surface area contributed by atoms with Crippen LogP contribution in [0.15, 0.2) is 48.7 Å². The Morgan fingerprint density at radius 3 is 2.42 bits per heavy atom. The molecule has 0 unspecified atom stereocenters. The Bertz CT molecular complexity index is 2490. The number of urea groups is 1. The summed E-state index contributed by atoms with van der Waals surface area (Å²) in [6.45, 7) is 3.58. The van der Waals surface area contributed by atoms with Gasteiger partial charge in [-0.3, -0.25) is 29.5 Å². The number of imidazole rings is 1. The van der Waals surface area contributed by atoms with E-state index in [0.29, 0.717) is 60.9 Å². The Labute approximate surface area is 360 Å². The van der Waals surface area contributed by atoms with Gasteiger partial charge in [-0.25, -0.2) is 27.5 Å². The lowest BCUT2D eigenvalue weighted by atomic mass is 9.68. The fourth-order valence-corrected chi connectivity index (χ4v) is 10.2. The topological polar surface area (TPSA) is 151 Å². The van der Waals surface area contributed by atoms with E-state index in [1.54, 1.807) is 18.0 Å². The highest BCUT2D eigenvalue weighted by atomic mass is 35.5. The lowest BCUT2D eigenvalue weighted by molar-refractivity contribution is -0.186. The van der Waals surface area contributed by atoms with Crippen molar-refractivity contribution in [3.63, 3.8) is 0 Å². The van der Waals surface area contributed by atoms with Crippen LogP contribution >= 0.6 is 11.6 Å². The highest BCUT2D eigenvalue weighted by molar-refractivity contribution is 6.34. The largest absolute Gasteiger partial charge is 0.385 e. The molecule has 1 spiro atoms. The van der Waals surface area contributed by atoms with Crippen LogP contribution in [0.3, 0.4) is 0 Å². The molecule has 7 heterocycles. The molecule has 62 heavy (non-hydrogen) atoms. The van der Waals surface area contributed by atoms with Gasteiger partial charge in [-0.2, -0.15) is 0 Å². The van der Waals surface area contributed by atoms with E-state index in [1.165, 1.54) is 33.3 Å². The fourth-order valence-electron chi connectivity index (χ4n) is 10.0. The Kier molecular flexibility index (Phi) is 10.00. The standard InChI is InChI=1S/C43H47ClF3N11O4/c1-48-31-19-36(52-58-35(20-49-38(31)58)39(60)50-30-18-29(30)45)56-12-7-27-32(3-2-4-33(27)56)55-22-25(23-55)21-53-14-9-42(43(46,47)24-53)10-15-54(16-11-42)40(61)26-5-6-28(44)34(17-26)57-13-8-37(59)51-41(57)62/h2-6,17,19-20,25,29-30,48H,7-16,18,21-24H2,1H3,(H,50,60)(H,51,59,62)/t29-,30+/m0/s1. The van der Waals surface area contributed by atoms with Gasteiger partial charge in [0.2, 0.25) is 5.91 Å². The molecule has 1 saturated carbocycles. The van der Waals surface area contributed by atoms with Crippen LogP contribution in [-0.4, -0.2) is 132 Å². The van der Waals surface area contributed by atoms with E-state index >= 15 is 8.78 Å². The van der Waals surface area contributed by atoms with E-state index in [0.717, 1.165) is 30.9 Å². The van der Waals surface area contributed by atoms with Crippen LogP contribution in [0.1, 0.15) is 58.5 Å². The number of imide groups is 1. The number of aromatic nitrogens is 3. The van der Waals surface area contributed by atoms with Crippen molar-refractivity contribution < 1.29 is 32.3 Å². The van der Waals surface area contributed by atoms with E-state index in [9.17, 15) is 23.6 Å². The van der Waals surface area contributed by atoms with E-state index in [2.05, 4.69) is 42.9 Å². The minimum Gasteiger partial charge on any atom is -0.385 e. The zero-order valence-electron chi connectivity index (χ0n) is 34.2. The summed E-state index contributed by atoms with van der Waals surface area (Å²) >= 11 is 6.38. The molecule has 4 aromatic rings. The maximum Gasteiger partial charge on any atom is 0.328 e. The van der Waals surface area contributed by atoms with Crippen molar-refractivity contribution >= 4 is 69.6 Å². The molecule has 10 rings (SSSR count). The monoisotopic (exact) mass is 873 g/mol. The molecule has 19 heteroatoms. The van der Waals surface area contributed by atoms with Crippen LogP contribution in [0.5, 0.6) is 0 Å². The number of piperidine rings is 2. The fraction of sp³-hybridized carbons (Fsp3) is 0.488. The summed E-state index contributed by atoms with van der Waals surface area (Å²) in [6, 6.07) is 11.6. The van der Waals surface area contributed by atoms with Crippen molar-refractivity contribution in [2.75, 3.05) is 86.0 Å². The van der Waals surface area contributed by atoms with Gasteiger partial charge in [-0.05, 0) is 62.6 Å². The summed E-state index contributed by atoms with van der Waals surface area (Å²) in [5, 5.41) is 13.2. The van der Waals surface area contributed by atoms with Gasteiger partial charge in [0.1, 0.15) is 6.17 Å². The summed E-state index contributed by atoms with van der Waals surface area (Å²) in [5.74, 6) is -3.15. The van der Waals surface area contributed by atoms with E-state index < -0.39 is 35.5 Å². The van der Waals surface area contributed by atoms with E-state index in [1.807, 2.05) is 17.0 Å². The number of hydrogen-bond acceptors (Lipinski definition) is 10. The maximum absolute atomic E-state index is 16.2. The second-order valence-corrected chi connectivity index (χ2v) is 17.9. The zero-order valence-corrected chi connectivity index (χ0v) is 34.9. The van der Waals surface area contributed by atoms with Crippen LogP contribution in [0, 0.1) is 11.3 Å². The number of hydrogen-bond donors (Lipinski definition) is 3. The van der Waals surface area contributed by atoms with E-state index in [-0.39, 0.29) is 73.9 Å². The normalized spacial score (nSPS) is 23.4. The molecule has 2 atom stereocenters. The van der Waals surface area contributed by atoms with Crippen LogP contribution in [0.2, 0.25) is 5.02 Å². The lowest BCUT2D eigenvalue weighted by Crippen LogP contribution is -2.61. The van der Waals surface area contributed by atoms with Gasteiger partial charge in [0.15, 0.2) is 17.2 Å². The van der Waals surface area contributed by atoms with Gasteiger partial charge in [-0.15, -0.1) is 5.10 Å². The molecule has 3 N–H and O–H groups in total. The van der Waals surface area contributed by atoms with Gasteiger partial charge in [0.05, 0.1) is 35.2 Å². The molecule has 6 aliphatic rings. The molecule has 2 aromatic heterocycles. The number of rotatable bonds is 9. The molecular weight excluding hydrogens is 827 g/mol. The van der Waals surface area contributed by atoms with Gasteiger partial charge in [0, 0.05) is 106 Å². The first-order valence-corrected chi connectivity index (χ1v) is 21.7. The van der Waals surface area contributed by atoms with Crippen LogP contribution in [-0.2, 0) is 11.2 Å². The van der Waals surface area contributed by atoms with Crippen LogP contribution < -0.4 is 30.7 Å². The van der Waals surface area contributed by atoms with Gasteiger partial charge < -0.3 is 25.3 Å². The molecule has 5 fully saturated rings. The summed E-state index contributed by atoms with van der Waals surface area (Å²) < 4.78 is 47.5. The minimum atomic E-state index is -2.92. The molecule has 2 aromatic carbocycles. The summed E-state index contributed by atoms with van der Waals surface area (Å²) in [5.41, 5.74) is 4.18. The maximum atomic E-state index is 16.2. The third kappa shape index (κ3) is 7.04. The number of halogens is 4. The first-order chi connectivity index (χ1) is 29.8. The Morgan fingerprint density at radius 1 is 0.952 bits per heavy atom.